The van der Waals surface area contributed by atoms with Gasteiger partial charge in [-0.2, -0.15) is 10.1 Å². The summed E-state index contributed by atoms with van der Waals surface area (Å²) in [5, 5.41) is 6.48. The van der Waals surface area contributed by atoms with Crippen LogP contribution < -0.4 is 5.01 Å². The summed E-state index contributed by atoms with van der Waals surface area (Å²) in [5.41, 5.74) is 4.68. The lowest BCUT2D eigenvalue weighted by Crippen LogP contribution is -2.25. The minimum atomic E-state index is -0.216. The van der Waals surface area contributed by atoms with E-state index in [1.54, 1.807) is 6.21 Å². The Morgan fingerprint density at radius 1 is 1.03 bits per heavy atom. The predicted octanol–water partition coefficient (Wildman–Crippen LogP) is 7.35. The van der Waals surface area contributed by atoms with Crippen LogP contribution >= 0.6 is 27.3 Å². The van der Waals surface area contributed by atoms with Crippen molar-refractivity contribution in [2.45, 2.75) is 33.1 Å². The van der Waals surface area contributed by atoms with Gasteiger partial charge in [-0.1, -0.05) is 90.0 Å². The van der Waals surface area contributed by atoms with E-state index in [2.05, 4.69) is 46.8 Å². The molecular weight excluding hydrogens is 482 g/mol. The molecule has 162 valence electrons. The molecule has 0 aliphatic rings. The van der Waals surface area contributed by atoms with Crippen LogP contribution in [0.5, 0.6) is 0 Å². The van der Waals surface area contributed by atoms with Crippen LogP contribution in [0.15, 0.2) is 76.3 Å². The molecule has 0 saturated heterocycles. The predicted molar refractivity (Wildman–Crippen MR) is 138 cm³/mol. The number of carbonyl (C=O) groups is 1. The maximum atomic E-state index is 13.5. The number of halogens is 1. The Morgan fingerprint density at radius 3 is 2.38 bits per heavy atom. The summed E-state index contributed by atoms with van der Waals surface area (Å²) in [4.78, 5) is 18.2. The molecule has 0 bridgehead atoms. The molecule has 0 aliphatic carbocycles. The monoisotopic (exact) mass is 505 g/mol. The fraction of sp³-hybridized carbons (Fsp3) is 0.192. The van der Waals surface area contributed by atoms with E-state index in [1.807, 2.05) is 73.7 Å². The molecule has 1 heterocycles. The molecule has 4 aromatic rings. The molecule has 1 aromatic heterocycles. The Morgan fingerprint density at radius 2 is 1.72 bits per heavy atom. The van der Waals surface area contributed by atoms with Crippen molar-refractivity contribution in [2.75, 3.05) is 5.01 Å². The smallest absolute Gasteiger partial charge is 0.267 e. The van der Waals surface area contributed by atoms with E-state index in [0.717, 1.165) is 20.3 Å². The second-order valence-electron chi connectivity index (χ2n) is 8.71. The highest BCUT2D eigenvalue weighted by molar-refractivity contribution is 9.10. The first-order chi connectivity index (χ1) is 15.2. The molecule has 0 aliphatic heterocycles. The zero-order valence-electron chi connectivity index (χ0n) is 18.5. The Balaban J connectivity index is 1.73. The van der Waals surface area contributed by atoms with Gasteiger partial charge in [0, 0.05) is 10.0 Å². The van der Waals surface area contributed by atoms with Gasteiger partial charge in [0.25, 0.3) is 5.91 Å². The highest BCUT2D eigenvalue weighted by Crippen LogP contribution is 2.32. The number of hydrogen-bond donors (Lipinski definition) is 0. The summed E-state index contributed by atoms with van der Waals surface area (Å²) in [6.45, 7) is 8.50. The van der Waals surface area contributed by atoms with Gasteiger partial charge in [-0.15, -0.1) is 0 Å². The molecule has 0 unspecified atom stereocenters. The van der Waals surface area contributed by atoms with Gasteiger partial charge in [-0.25, -0.2) is 4.98 Å². The second-order valence-corrected chi connectivity index (χ2v) is 10.6. The van der Waals surface area contributed by atoms with Gasteiger partial charge in [0.2, 0.25) is 5.13 Å². The molecule has 0 N–H and O–H groups in total. The second kappa shape index (κ2) is 8.96. The maximum absolute atomic E-state index is 13.5. The van der Waals surface area contributed by atoms with Crippen molar-refractivity contribution in [3.05, 3.63) is 93.5 Å². The highest BCUT2D eigenvalue weighted by Gasteiger charge is 2.22. The third-order valence-electron chi connectivity index (χ3n) is 5.11. The number of anilines is 1. The normalized spacial score (nSPS) is 11.9. The average Bonchev–Trinajstić information content (AvgIpc) is 3.17. The zero-order chi connectivity index (χ0) is 22.9. The quantitative estimate of drug-likeness (QED) is 0.215. The molecule has 0 saturated carbocycles. The van der Waals surface area contributed by atoms with Crippen molar-refractivity contribution >= 4 is 54.7 Å². The lowest BCUT2D eigenvalue weighted by molar-refractivity contribution is 0.0988. The summed E-state index contributed by atoms with van der Waals surface area (Å²) in [5.74, 6) is -0.216. The van der Waals surface area contributed by atoms with Crippen LogP contribution in [0.1, 0.15) is 47.8 Å². The Hall–Kier alpha value is -2.83. The fourth-order valence-corrected chi connectivity index (χ4v) is 4.65. The van der Waals surface area contributed by atoms with Crippen LogP contribution in [0, 0.1) is 6.92 Å². The zero-order valence-corrected chi connectivity index (χ0v) is 20.9. The topological polar surface area (TPSA) is 45.6 Å². The molecule has 1 amide bonds. The van der Waals surface area contributed by atoms with Crippen molar-refractivity contribution in [3.63, 3.8) is 0 Å². The van der Waals surface area contributed by atoms with Crippen LogP contribution in [0.4, 0.5) is 5.13 Å². The van der Waals surface area contributed by atoms with Crippen molar-refractivity contribution in [1.29, 1.82) is 0 Å². The third kappa shape index (κ3) is 4.97. The van der Waals surface area contributed by atoms with Crippen LogP contribution in [0.2, 0.25) is 0 Å². The van der Waals surface area contributed by atoms with Gasteiger partial charge in [0.15, 0.2) is 0 Å². The van der Waals surface area contributed by atoms with Crippen molar-refractivity contribution < 1.29 is 4.79 Å². The maximum Gasteiger partial charge on any atom is 0.280 e. The Labute approximate surface area is 200 Å². The minimum absolute atomic E-state index is 0.0191. The number of nitrogens with zero attached hydrogens (tertiary/aromatic N) is 3. The number of benzene rings is 3. The number of amides is 1. The number of hydrogen-bond acceptors (Lipinski definition) is 4. The van der Waals surface area contributed by atoms with Gasteiger partial charge >= 0.3 is 0 Å². The first-order valence-corrected chi connectivity index (χ1v) is 11.9. The first kappa shape index (κ1) is 22.4. The standard InChI is InChI=1S/C26H24BrN3OS/c1-17-5-7-18(8-6-17)16-28-30(25-29-22-14-13-21(27)15-23(22)32-25)24(31)19-9-11-20(12-10-19)26(2,3)4/h5-16H,1-4H3/b28-16+. The van der Waals surface area contributed by atoms with E-state index >= 15 is 0 Å². The number of aryl methyl sites for hydroxylation is 1. The van der Waals surface area contributed by atoms with Gasteiger partial charge in [-0.05, 0) is 53.8 Å². The van der Waals surface area contributed by atoms with E-state index in [1.165, 1.54) is 27.5 Å². The van der Waals surface area contributed by atoms with E-state index in [0.29, 0.717) is 10.7 Å². The van der Waals surface area contributed by atoms with Crippen LogP contribution in [-0.2, 0) is 5.41 Å². The number of aromatic nitrogens is 1. The first-order valence-electron chi connectivity index (χ1n) is 10.3. The average molecular weight is 506 g/mol. The summed E-state index contributed by atoms with van der Waals surface area (Å²) in [6, 6.07) is 21.6. The lowest BCUT2D eigenvalue weighted by atomic mass is 9.87. The molecular formula is C26H24BrN3OS. The summed E-state index contributed by atoms with van der Waals surface area (Å²) in [6.07, 6.45) is 1.70. The van der Waals surface area contributed by atoms with Gasteiger partial charge in [0.1, 0.15) is 0 Å². The van der Waals surface area contributed by atoms with E-state index in [9.17, 15) is 4.79 Å². The van der Waals surface area contributed by atoms with Crippen molar-refractivity contribution in [1.82, 2.24) is 4.98 Å². The molecule has 4 nitrogen and oxygen atoms in total. The van der Waals surface area contributed by atoms with E-state index in [4.69, 9.17) is 0 Å². The third-order valence-corrected chi connectivity index (χ3v) is 6.60. The highest BCUT2D eigenvalue weighted by atomic mass is 79.9. The number of rotatable bonds is 4. The van der Waals surface area contributed by atoms with Gasteiger partial charge in [0.05, 0.1) is 16.4 Å². The van der Waals surface area contributed by atoms with E-state index in [-0.39, 0.29) is 11.3 Å². The van der Waals surface area contributed by atoms with Crippen molar-refractivity contribution in [2.24, 2.45) is 5.10 Å². The Kier molecular flexibility index (Phi) is 6.26. The van der Waals surface area contributed by atoms with E-state index < -0.39 is 0 Å². The number of thiazole rings is 1. The van der Waals surface area contributed by atoms with Crippen molar-refractivity contribution in [3.8, 4) is 0 Å². The molecule has 32 heavy (non-hydrogen) atoms. The molecule has 0 spiro atoms. The molecule has 4 rings (SSSR count). The lowest BCUT2D eigenvalue weighted by Gasteiger charge is -2.19. The molecule has 0 fully saturated rings. The van der Waals surface area contributed by atoms with Gasteiger partial charge < -0.3 is 0 Å². The number of hydrazone groups is 1. The fourth-order valence-electron chi connectivity index (χ4n) is 3.18. The molecule has 0 atom stereocenters. The minimum Gasteiger partial charge on any atom is -0.267 e. The summed E-state index contributed by atoms with van der Waals surface area (Å²) < 4.78 is 1.96. The summed E-state index contributed by atoms with van der Waals surface area (Å²) in [7, 11) is 0. The number of fused-ring (bicyclic) bond motifs is 1. The molecule has 3 aromatic carbocycles. The van der Waals surface area contributed by atoms with Crippen LogP contribution in [0.3, 0.4) is 0 Å². The SMILES string of the molecule is Cc1ccc(/C=N/N(C(=O)c2ccc(C(C)(C)C)cc2)c2nc3ccc(Br)cc3s2)cc1. The molecule has 6 heteroatoms. The van der Waals surface area contributed by atoms with Crippen LogP contribution in [0.25, 0.3) is 10.2 Å². The largest absolute Gasteiger partial charge is 0.280 e. The Bertz CT molecular complexity index is 1290. The number of carbonyl (C=O) groups excluding carboxylic acids is 1. The van der Waals surface area contributed by atoms with Gasteiger partial charge in [-0.3, -0.25) is 4.79 Å². The van der Waals surface area contributed by atoms with Crippen LogP contribution in [-0.4, -0.2) is 17.1 Å². The molecule has 0 radical (unpaired) electrons. The summed E-state index contributed by atoms with van der Waals surface area (Å²) >= 11 is 4.94.